The number of likely N-dealkylation sites (tertiary alicyclic amines) is 1. The quantitative estimate of drug-likeness (QED) is 0.792. The van der Waals surface area contributed by atoms with Gasteiger partial charge in [0, 0.05) is 6.04 Å². The number of nitriles is 1. The van der Waals surface area contributed by atoms with E-state index in [0.717, 1.165) is 0 Å². The molecule has 1 aromatic rings. The number of hydrogen-bond acceptors (Lipinski definition) is 5. The van der Waals surface area contributed by atoms with Crippen LogP contribution >= 0.6 is 0 Å². The monoisotopic (exact) mass is 330 g/mol. The van der Waals surface area contributed by atoms with Crippen LogP contribution in [-0.2, 0) is 14.3 Å². The highest BCUT2D eigenvalue weighted by atomic mass is 16.5. The Morgan fingerprint density at radius 1 is 1.29 bits per heavy atom. The van der Waals surface area contributed by atoms with Gasteiger partial charge in [-0.25, -0.2) is 0 Å². The lowest BCUT2D eigenvalue weighted by molar-refractivity contribution is -0.153. The minimum absolute atomic E-state index is 0.160. The zero-order valence-corrected chi connectivity index (χ0v) is 14.6. The molecule has 1 heterocycles. The number of carbonyl (C=O) groups is 2. The number of esters is 1. The molecule has 0 aromatic heterocycles. The van der Waals surface area contributed by atoms with Gasteiger partial charge in [-0.15, -0.1) is 0 Å². The maximum atomic E-state index is 12.8. The van der Waals surface area contributed by atoms with Crippen molar-refractivity contribution in [1.29, 1.82) is 5.26 Å². The van der Waals surface area contributed by atoms with Crippen molar-refractivity contribution in [2.24, 2.45) is 11.3 Å². The number of rotatable bonds is 4. The molecule has 1 aliphatic rings. The highest BCUT2D eigenvalue weighted by Crippen LogP contribution is 2.52. The standard InChI is InChI=1S/C18H22N2O4/c1-11(2)20-15(13-6-8-14(23-4)9-7-13)18(10-19,17(22)24-5)12(3)16(20)21/h6-9,11-12,15H,1-5H3/t12-,15-,18-/m1/s1. The Morgan fingerprint density at radius 2 is 1.88 bits per heavy atom. The molecule has 0 unspecified atom stereocenters. The molecular formula is C18H22N2O4. The fraction of sp³-hybridized carbons (Fsp3) is 0.500. The van der Waals surface area contributed by atoms with Crippen molar-refractivity contribution in [3.8, 4) is 11.8 Å². The highest BCUT2D eigenvalue weighted by molar-refractivity contribution is 5.95. The largest absolute Gasteiger partial charge is 0.497 e. The maximum absolute atomic E-state index is 12.8. The molecule has 3 atom stereocenters. The van der Waals surface area contributed by atoms with Crippen molar-refractivity contribution in [1.82, 2.24) is 4.90 Å². The van der Waals surface area contributed by atoms with Gasteiger partial charge >= 0.3 is 5.97 Å². The summed E-state index contributed by atoms with van der Waals surface area (Å²) in [6.45, 7) is 5.35. The molecule has 0 aliphatic carbocycles. The van der Waals surface area contributed by atoms with Gasteiger partial charge in [0.15, 0.2) is 5.41 Å². The lowest BCUT2D eigenvalue weighted by Gasteiger charge is -2.34. The van der Waals surface area contributed by atoms with Gasteiger partial charge in [-0.1, -0.05) is 19.1 Å². The number of amides is 1. The van der Waals surface area contributed by atoms with Crippen molar-refractivity contribution in [3.63, 3.8) is 0 Å². The summed E-state index contributed by atoms with van der Waals surface area (Å²) in [5, 5.41) is 9.88. The zero-order chi connectivity index (χ0) is 18.1. The predicted molar refractivity (Wildman–Crippen MR) is 86.9 cm³/mol. The summed E-state index contributed by atoms with van der Waals surface area (Å²) in [6, 6.07) is 8.29. The number of methoxy groups -OCH3 is 2. The minimum atomic E-state index is -1.58. The van der Waals surface area contributed by atoms with Crippen LogP contribution in [0.25, 0.3) is 0 Å². The Hall–Kier alpha value is -2.55. The van der Waals surface area contributed by atoms with Crippen molar-refractivity contribution >= 4 is 11.9 Å². The molecule has 128 valence electrons. The minimum Gasteiger partial charge on any atom is -0.497 e. The fourth-order valence-electron chi connectivity index (χ4n) is 3.43. The van der Waals surface area contributed by atoms with Gasteiger partial charge in [0.25, 0.3) is 0 Å². The van der Waals surface area contributed by atoms with Gasteiger partial charge in [-0.2, -0.15) is 5.26 Å². The molecule has 1 amide bonds. The molecule has 0 spiro atoms. The average molecular weight is 330 g/mol. The third-order valence-corrected chi connectivity index (χ3v) is 4.71. The number of benzene rings is 1. The van der Waals surface area contributed by atoms with Crippen LogP contribution in [0.1, 0.15) is 32.4 Å². The molecule has 0 radical (unpaired) electrons. The molecule has 6 heteroatoms. The van der Waals surface area contributed by atoms with Crippen LogP contribution in [-0.4, -0.2) is 37.0 Å². The van der Waals surface area contributed by atoms with E-state index in [0.29, 0.717) is 11.3 Å². The van der Waals surface area contributed by atoms with E-state index in [1.807, 2.05) is 13.8 Å². The second kappa shape index (κ2) is 6.52. The Labute approximate surface area is 142 Å². The maximum Gasteiger partial charge on any atom is 0.329 e. The number of nitrogens with zero attached hydrogens (tertiary/aromatic N) is 2. The molecule has 1 saturated heterocycles. The van der Waals surface area contributed by atoms with Gasteiger partial charge in [0.05, 0.1) is 32.2 Å². The first kappa shape index (κ1) is 17.8. The Bertz CT molecular complexity index is 677. The molecule has 1 aromatic carbocycles. The summed E-state index contributed by atoms with van der Waals surface area (Å²) in [6.07, 6.45) is 0. The lowest BCUT2D eigenvalue weighted by atomic mass is 9.72. The summed E-state index contributed by atoms with van der Waals surface area (Å²) in [5.74, 6) is -1.04. The summed E-state index contributed by atoms with van der Waals surface area (Å²) >= 11 is 0. The molecule has 1 aliphatic heterocycles. The first-order valence-corrected chi connectivity index (χ1v) is 7.80. The first-order chi connectivity index (χ1) is 11.3. The molecule has 0 saturated carbocycles. The van der Waals surface area contributed by atoms with E-state index >= 15 is 0 Å². The van der Waals surface area contributed by atoms with Gasteiger partial charge in [-0.3, -0.25) is 9.59 Å². The van der Waals surface area contributed by atoms with Gasteiger partial charge < -0.3 is 14.4 Å². The molecule has 1 fully saturated rings. The van der Waals surface area contributed by atoms with Crippen LogP contribution in [0.4, 0.5) is 0 Å². The molecule has 0 N–H and O–H groups in total. The van der Waals surface area contributed by atoms with Crippen molar-refractivity contribution in [3.05, 3.63) is 29.8 Å². The average Bonchev–Trinajstić information content (AvgIpc) is 2.83. The van der Waals surface area contributed by atoms with Crippen molar-refractivity contribution in [2.45, 2.75) is 32.9 Å². The topological polar surface area (TPSA) is 79.6 Å². The van der Waals surface area contributed by atoms with E-state index in [2.05, 4.69) is 6.07 Å². The summed E-state index contributed by atoms with van der Waals surface area (Å²) in [4.78, 5) is 26.9. The van der Waals surface area contributed by atoms with Crippen molar-refractivity contribution < 1.29 is 19.1 Å². The predicted octanol–water partition coefficient (Wildman–Crippen LogP) is 2.31. The van der Waals surface area contributed by atoms with E-state index in [1.54, 1.807) is 43.2 Å². The summed E-state index contributed by atoms with van der Waals surface area (Å²) in [7, 11) is 2.80. The summed E-state index contributed by atoms with van der Waals surface area (Å²) in [5.41, 5.74) is -0.876. The number of ether oxygens (including phenoxy) is 2. The molecule has 0 bridgehead atoms. The molecule has 6 nitrogen and oxygen atoms in total. The van der Waals surface area contributed by atoms with E-state index in [4.69, 9.17) is 9.47 Å². The van der Waals surface area contributed by atoms with E-state index in [-0.39, 0.29) is 11.9 Å². The molecular weight excluding hydrogens is 308 g/mol. The Kier molecular flexibility index (Phi) is 4.83. The van der Waals surface area contributed by atoms with E-state index in [1.165, 1.54) is 7.11 Å². The molecule has 2 rings (SSSR count). The Balaban J connectivity index is 2.68. The highest BCUT2D eigenvalue weighted by Gasteiger charge is 2.64. The number of carbonyl (C=O) groups excluding carboxylic acids is 2. The SMILES string of the molecule is COC(=O)[C@]1(C#N)[C@H](C)C(=O)N(C(C)C)[C@@H]1c1ccc(OC)cc1. The Morgan fingerprint density at radius 3 is 2.29 bits per heavy atom. The normalized spacial score (nSPS) is 26.4. The molecule has 24 heavy (non-hydrogen) atoms. The van der Waals surface area contributed by atoms with Crippen molar-refractivity contribution in [2.75, 3.05) is 14.2 Å². The number of hydrogen-bond donors (Lipinski definition) is 0. The van der Waals surface area contributed by atoms with Crippen LogP contribution < -0.4 is 4.74 Å². The van der Waals surface area contributed by atoms with Gasteiger partial charge in [0.1, 0.15) is 5.75 Å². The second-order valence-corrected chi connectivity index (χ2v) is 6.21. The lowest BCUT2D eigenvalue weighted by Crippen LogP contribution is -2.42. The van der Waals surface area contributed by atoms with Crippen LogP contribution in [0.5, 0.6) is 5.75 Å². The van der Waals surface area contributed by atoms with Crippen LogP contribution in [0.15, 0.2) is 24.3 Å². The van der Waals surface area contributed by atoms with Crippen LogP contribution in [0, 0.1) is 22.7 Å². The van der Waals surface area contributed by atoms with Gasteiger partial charge in [0.2, 0.25) is 5.91 Å². The van der Waals surface area contributed by atoms with Gasteiger partial charge in [-0.05, 0) is 31.5 Å². The first-order valence-electron chi connectivity index (χ1n) is 7.80. The third kappa shape index (κ3) is 2.41. The smallest absolute Gasteiger partial charge is 0.329 e. The van der Waals surface area contributed by atoms with E-state index in [9.17, 15) is 14.9 Å². The third-order valence-electron chi connectivity index (χ3n) is 4.71. The van der Waals surface area contributed by atoms with Crippen LogP contribution in [0.3, 0.4) is 0 Å². The van der Waals surface area contributed by atoms with Crippen LogP contribution in [0.2, 0.25) is 0 Å². The zero-order valence-electron chi connectivity index (χ0n) is 14.6. The van der Waals surface area contributed by atoms with E-state index < -0.39 is 23.3 Å². The second-order valence-electron chi connectivity index (χ2n) is 6.21. The fourth-order valence-corrected chi connectivity index (χ4v) is 3.43. The summed E-state index contributed by atoms with van der Waals surface area (Å²) < 4.78 is 10.1.